The maximum atomic E-state index is 13.4. The number of carbonyl (C=O) groups is 1. The monoisotopic (exact) mass is 254 g/mol. The summed E-state index contributed by atoms with van der Waals surface area (Å²) in [5.74, 6) is -0.470. The van der Waals surface area contributed by atoms with Crippen LogP contribution in [0.2, 0.25) is 0 Å². The molecule has 0 bridgehead atoms. The summed E-state index contributed by atoms with van der Waals surface area (Å²) in [7, 11) is 1.75. The van der Waals surface area contributed by atoms with Crippen LogP contribution in [-0.2, 0) is 0 Å². The second-order valence-electron chi connectivity index (χ2n) is 4.08. The van der Waals surface area contributed by atoms with E-state index in [0.717, 1.165) is 5.69 Å². The van der Waals surface area contributed by atoms with E-state index >= 15 is 0 Å². The van der Waals surface area contributed by atoms with Gasteiger partial charge in [0.25, 0.3) is 0 Å². The average Bonchev–Trinajstić information content (AvgIpc) is 2.45. The molecule has 0 radical (unpaired) electrons. The predicted octanol–water partition coefficient (Wildman–Crippen LogP) is 3.28. The van der Waals surface area contributed by atoms with E-state index in [2.05, 4.69) is 6.07 Å². The second kappa shape index (κ2) is 5.32. The van der Waals surface area contributed by atoms with Crippen molar-refractivity contribution in [3.63, 3.8) is 0 Å². The minimum Gasteiger partial charge on any atom is -0.344 e. The van der Waals surface area contributed by atoms with Gasteiger partial charge in [-0.2, -0.15) is 5.26 Å². The van der Waals surface area contributed by atoms with E-state index in [1.807, 2.05) is 6.07 Å². The second-order valence-corrected chi connectivity index (χ2v) is 4.08. The number of aldehydes is 1. The van der Waals surface area contributed by atoms with Crippen LogP contribution in [-0.4, -0.2) is 13.3 Å². The smallest absolute Gasteiger partial charge is 0.150 e. The van der Waals surface area contributed by atoms with Gasteiger partial charge in [-0.25, -0.2) is 4.39 Å². The van der Waals surface area contributed by atoms with Crippen molar-refractivity contribution in [1.29, 1.82) is 5.26 Å². The average molecular weight is 254 g/mol. The van der Waals surface area contributed by atoms with Crippen LogP contribution in [0.1, 0.15) is 15.9 Å². The van der Waals surface area contributed by atoms with Gasteiger partial charge in [0.05, 0.1) is 11.6 Å². The Kier molecular flexibility index (Phi) is 3.58. The number of benzene rings is 2. The van der Waals surface area contributed by atoms with Gasteiger partial charge in [-0.15, -0.1) is 0 Å². The molecule has 2 rings (SSSR count). The van der Waals surface area contributed by atoms with Gasteiger partial charge in [-0.05, 0) is 36.4 Å². The molecule has 19 heavy (non-hydrogen) atoms. The molecule has 0 aliphatic rings. The Labute approximate surface area is 110 Å². The van der Waals surface area contributed by atoms with Crippen molar-refractivity contribution in [3.05, 3.63) is 59.4 Å². The molecule has 0 aliphatic carbocycles. The van der Waals surface area contributed by atoms with E-state index in [0.29, 0.717) is 17.5 Å². The van der Waals surface area contributed by atoms with E-state index in [4.69, 9.17) is 5.26 Å². The van der Waals surface area contributed by atoms with E-state index < -0.39 is 5.82 Å². The van der Waals surface area contributed by atoms with Crippen LogP contribution >= 0.6 is 0 Å². The molecular formula is C15H11FN2O. The Bertz CT molecular complexity index is 661. The number of nitriles is 1. The van der Waals surface area contributed by atoms with Crippen molar-refractivity contribution in [1.82, 2.24) is 0 Å². The summed E-state index contributed by atoms with van der Waals surface area (Å²) in [6.45, 7) is 0. The van der Waals surface area contributed by atoms with Crippen LogP contribution in [0.15, 0.2) is 42.5 Å². The lowest BCUT2D eigenvalue weighted by Gasteiger charge is -2.20. The number of anilines is 2. The minimum atomic E-state index is -0.470. The maximum Gasteiger partial charge on any atom is 0.150 e. The predicted molar refractivity (Wildman–Crippen MR) is 71.0 cm³/mol. The van der Waals surface area contributed by atoms with Crippen molar-refractivity contribution >= 4 is 17.7 Å². The molecular weight excluding hydrogens is 243 g/mol. The molecule has 3 nitrogen and oxygen atoms in total. The summed E-state index contributed by atoms with van der Waals surface area (Å²) in [5, 5.41) is 8.87. The zero-order chi connectivity index (χ0) is 13.8. The fraction of sp³-hybridized carbons (Fsp3) is 0.0667. The Morgan fingerprint density at radius 2 is 2.00 bits per heavy atom. The largest absolute Gasteiger partial charge is 0.344 e. The van der Waals surface area contributed by atoms with E-state index in [1.54, 1.807) is 36.2 Å². The first-order valence-electron chi connectivity index (χ1n) is 5.63. The number of carbonyl (C=O) groups excluding carboxylic acids is 1. The molecule has 0 atom stereocenters. The Morgan fingerprint density at radius 1 is 1.21 bits per heavy atom. The highest BCUT2D eigenvalue weighted by Gasteiger charge is 2.07. The van der Waals surface area contributed by atoms with E-state index in [1.165, 1.54) is 12.1 Å². The molecule has 0 N–H and O–H groups in total. The number of hydrogen-bond donors (Lipinski definition) is 0. The van der Waals surface area contributed by atoms with Crippen molar-refractivity contribution in [2.24, 2.45) is 0 Å². The SMILES string of the molecule is CN(c1cccc(C#N)c1)c1cc(F)cc(C=O)c1. The molecule has 0 saturated heterocycles. The molecule has 2 aromatic rings. The summed E-state index contributed by atoms with van der Waals surface area (Å²) >= 11 is 0. The highest BCUT2D eigenvalue weighted by atomic mass is 19.1. The lowest BCUT2D eigenvalue weighted by Crippen LogP contribution is -2.10. The number of nitrogens with zero attached hydrogens (tertiary/aromatic N) is 2. The van der Waals surface area contributed by atoms with Crippen LogP contribution in [0, 0.1) is 17.1 Å². The minimum absolute atomic E-state index is 0.276. The zero-order valence-electron chi connectivity index (χ0n) is 10.3. The molecule has 0 unspecified atom stereocenters. The molecule has 0 saturated carbocycles. The first-order chi connectivity index (χ1) is 9.13. The number of rotatable bonds is 3. The Balaban J connectivity index is 2.43. The Hall–Kier alpha value is -2.67. The maximum absolute atomic E-state index is 13.4. The summed E-state index contributed by atoms with van der Waals surface area (Å²) < 4.78 is 13.4. The summed E-state index contributed by atoms with van der Waals surface area (Å²) in [6.07, 6.45) is 0.603. The Morgan fingerprint density at radius 3 is 2.68 bits per heavy atom. The summed E-state index contributed by atoms with van der Waals surface area (Å²) in [4.78, 5) is 12.5. The van der Waals surface area contributed by atoms with Crippen molar-refractivity contribution in [2.75, 3.05) is 11.9 Å². The quantitative estimate of drug-likeness (QED) is 0.789. The normalized spacial score (nSPS) is 9.74. The van der Waals surface area contributed by atoms with E-state index in [9.17, 15) is 9.18 Å². The molecule has 2 aromatic carbocycles. The van der Waals surface area contributed by atoms with Gasteiger partial charge in [0.1, 0.15) is 12.1 Å². The number of hydrogen-bond acceptors (Lipinski definition) is 3. The third-order valence-electron chi connectivity index (χ3n) is 2.79. The summed E-state index contributed by atoms with van der Waals surface area (Å²) in [5.41, 5.74) is 2.10. The molecule has 0 aliphatic heterocycles. The van der Waals surface area contributed by atoms with Crippen LogP contribution in [0.25, 0.3) is 0 Å². The van der Waals surface area contributed by atoms with Gasteiger partial charge < -0.3 is 4.90 Å². The third-order valence-corrected chi connectivity index (χ3v) is 2.79. The van der Waals surface area contributed by atoms with Gasteiger partial charge in [0.2, 0.25) is 0 Å². The molecule has 4 heteroatoms. The van der Waals surface area contributed by atoms with Gasteiger partial charge in [0, 0.05) is 24.0 Å². The molecule has 0 amide bonds. The molecule has 0 aromatic heterocycles. The van der Waals surface area contributed by atoms with Crippen LogP contribution in [0.5, 0.6) is 0 Å². The fourth-order valence-corrected chi connectivity index (χ4v) is 1.79. The fourth-order valence-electron chi connectivity index (χ4n) is 1.79. The summed E-state index contributed by atoms with van der Waals surface area (Å²) in [6, 6.07) is 13.1. The zero-order valence-corrected chi connectivity index (χ0v) is 10.3. The first-order valence-corrected chi connectivity index (χ1v) is 5.63. The van der Waals surface area contributed by atoms with Crippen LogP contribution in [0.4, 0.5) is 15.8 Å². The lowest BCUT2D eigenvalue weighted by atomic mass is 10.1. The number of halogens is 1. The molecule has 94 valence electrons. The van der Waals surface area contributed by atoms with Crippen LogP contribution in [0.3, 0.4) is 0 Å². The van der Waals surface area contributed by atoms with Gasteiger partial charge in [-0.1, -0.05) is 6.07 Å². The first kappa shape index (κ1) is 12.8. The molecule has 0 spiro atoms. The van der Waals surface area contributed by atoms with Crippen LogP contribution < -0.4 is 4.90 Å². The molecule has 0 fully saturated rings. The lowest BCUT2D eigenvalue weighted by molar-refractivity contribution is 0.112. The van der Waals surface area contributed by atoms with E-state index in [-0.39, 0.29) is 5.56 Å². The highest BCUT2D eigenvalue weighted by molar-refractivity contribution is 5.78. The van der Waals surface area contributed by atoms with Crippen molar-refractivity contribution in [3.8, 4) is 6.07 Å². The van der Waals surface area contributed by atoms with Gasteiger partial charge in [0.15, 0.2) is 0 Å². The van der Waals surface area contributed by atoms with Crippen molar-refractivity contribution < 1.29 is 9.18 Å². The van der Waals surface area contributed by atoms with Gasteiger partial charge in [-0.3, -0.25) is 4.79 Å². The van der Waals surface area contributed by atoms with Gasteiger partial charge >= 0.3 is 0 Å². The van der Waals surface area contributed by atoms with Crippen molar-refractivity contribution in [2.45, 2.75) is 0 Å². The topological polar surface area (TPSA) is 44.1 Å². The standard InChI is InChI=1S/C15H11FN2O/c1-18(14-4-2-3-11(6-14)9-17)15-7-12(10-19)5-13(16)8-15/h2-8,10H,1H3. The highest BCUT2D eigenvalue weighted by Crippen LogP contribution is 2.25. The molecule has 0 heterocycles. The third kappa shape index (κ3) is 2.78.